The molecule has 0 amide bonds. The van der Waals surface area contributed by atoms with Gasteiger partial charge in [0.15, 0.2) is 0 Å². The van der Waals surface area contributed by atoms with Gasteiger partial charge in [-0.3, -0.25) is 9.88 Å². The van der Waals surface area contributed by atoms with E-state index in [1.807, 2.05) is 18.5 Å². The molecule has 3 heteroatoms. The molecule has 1 saturated heterocycles. The number of hydrogen-bond acceptors (Lipinski definition) is 3. The highest BCUT2D eigenvalue weighted by atomic mass is 15.2. The molecule has 0 bridgehead atoms. The first-order valence-corrected chi connectivity index (χ1v) is 6.74. The van der Waals surface area contributed by atoms with Crippen molar-refractivity contribution in [2.24, 2.45) is 0 Å². The highest BCUT2D eigenvalue weighted by Crippen LogP contribution is 2.18. The summed E-state index contributed by atoms with van der Waals surface area (Å²) in [6.45, 7) is 6.77. The number of likely N-dealkylation sites (tertiary alicyclic amines) is 1. The summed E-state index contributed by atoms with van der Waals surface area (Å²) in [5.41, 5.74) is 1.26. The lowest BCUT2D eigenvalue weighted by atomic mass is 10.2. The van der Waals surface area contributed by atoms with Gasteiger partial charge < -0.3 is 5.32 Å². The van der Waals surface area contributed by atoms with Gasteiger partial charge in [-0.15, -0.1) is 0 Å². The van der Waals surface area contributed by atoms with E-state index in [0.29, 0.717) is 0 Å². The van der Waals surface area contributed by atoms with Gasteiger partial charge in [-0.05, 0) is 37.4 Å². The summed E-state index contributed by atoms with van der Waals surface area (Å²) in [6, 6.07) is 4.94. The van der Waals surface area contributed by atoms with Crippen molar-refractivity contribution in [3.8, 4) is 0 Å². The molecule has 1 aromatic rings. The normalized spacial score (nSPS) is 20.9. The zero-order valence-electron chi connectivity index (χ0n) is 10.7. The molecule has 0 aromatic carbocycles. The molecule has 1 aliphatic rings. The monoisotopic (exact) mass is 233 g/mol. The molecule has 3 nitrogen and oxygen atoms in total. The lowest BCUT2D eigenvalue weighted by Crippen LogP contribution is -2.35. The van der Waals surface area contributed by atoms with Crippen LogP contribution in [0, 0.1) is 0 Å². The van der Waals surface area contributed by atoms with Gasteiger partial charge in [-0.25, -0.2) is 0 Å². The Bertz CT molecular complexity index is 313. The van der Waals surface area contributed by atoms with Gasteiger partial charge in [-0.1, -0.05) is 13.0 Å². The fourth-order valence-electron chi connectivity index (χ4n) is 2.61. The second-order valence-electron chi connectivity index (χ2n) is 4.78. The molecule has 0 spiro atoms. The minimum atomic E-state index is 0.829. The van der Waals surface area contributed by atoms with Crippen LogP contribution in [-0.2, 0) is 6.54 Å². The molecule has 0 aliphatic carbocycles. The maximum absolute atomic E-state index is 4.12. The van der Waals surface area contributed by atoms with Crippen LogP contribution >= 0.6 is 0 Å². The van der Waals surface area contributed by atoms with E-state index in [0.717, 1.165) is 19.1 Å². The van der Waals surface area contributed by atoms with Crippen LogP contribution in [0.25, 0.3) is 0 Å². The molecule has 1 N–H and O–H groups in total. The number of pyridine rings is 1. The topological polar surface area (TPSA) is 28.2 Å². The molecule has 1 aliphatic heterocycles. The molecule has 0 saturated carbocycles. The number of aromatic nitrogens is 1. The summed E-state index contributed by atoms with van der Waals surface area (Å²) in [6.07, 6.45) is 7.81. The third-order valence-corrected chi connectivity index (χ3v) is 3.60. The average molecular weight is 233 g/mol. The summed E-state index contributed by atoms with van der Waals surface area (Å²) < 4.78 is 0. The predicted octanol–water partition coefficient (Wildman–Crippen LogP) is 2.05. The number of nitrogens with one attached hydrogen (secondary N) is 1. The van der Waals surface area contributed by atoms with Crippen molar-refractivity contribution in [2.75, 3.05) is 19.6 Å². The molecule has 1 aromatic heterocycles. The van der Waals surface area contributed by atoms with E-state index in [1.54, 1.807) is 0 Å². The number of nitrogens with zero attached hydrogens (tertiary/aromatic N) is 2. The summed E-state index contributed by atoms with van der Waals surface area (Å²) in [7, 11) is 0. The summed E-state index contributed by atoms with van der Waals surface area (Å²) >= 11 is 0. The number of hydrogen-bond donors (Lipinski definition) is 1. The van der Waals surface area contributed by atoms with E-state index in [1.165, 1.54) is 37.9 Å². The maximum Gasteiger partial charge on any atom is 0.0312 e. The van der Waals surface area contributed by atoms with Crippen molar-refractivity contribution in [1.29, 1.82) is 0 Å². The standard InChI is InChI=1S/C14H23N3/c1-2-14-6-4-9-17(14)10-8-16-12-13-5-3-7-15-11-13/h3,5,7,11,14,16H,2,4,6,8-10,12H2,1H3. The molecule has 94 valence electrons. The van der Waals surface area contributed by atoms with E-state index < -0.39 is 0 Å². The quantitative estimate of drug-likeness (QED) is 0.762. The van der Waals surface area contributed by atoms with E-state index in [9.17, 15) is 0 Å². The zero-order valence-corrected chi connectivity index (χ0v) is 10.7. The summed E-state index contributed by atoms with van der Waals surface area (Å²) in [4.78, 5) is 6.74. The molecule has 2 rings (SSSR count). The third-order valence-electron chi connectivity index (χ3n) is 3.60. The molecule has 1 fully saturated rings. The van der Waals surface area contributed by atoms with Crippen molar-refractivity contribution in [1.82, 2.24) is 15.2 Å². The van der Waals surface area contributed by atoms with Gasteiger partial charge in [-0.2, -0.15) is 0 Å². The first-order chi connectivity index (χ1) is 8.40. The second-order valence-corrected chi connectivity index (χ2v) is 4.78. The van der Waals surface area contributed by atoms with Gasteiger partial charge in [0.1, 0.15) is 0 Å². The van der Waals surface area contributed by atoms with Gasteiger partial charge in [0.25, 0.3) is 0 Å². The Morgan fingerprint density at radius 1 is 1.53 bits per heavy atom. The van der Waals surface area contributed by atoms with Crippen molar-refractivity contribution < 1.29 is 0 Å². The van der Waals surface area contributed by atoms with Crippen LogP contribution in [0.1, 0.15) is 31.7 Å². The molecule has 1 unspecified atom stereocenters. The fourth-order valence-corrected chi connectivity index (χ4v) is 2.61. The Kier molecular flexibility index (Phi) is 4.95. The SMILES string of the molecule is CCC1CCCN1CCNCc1cccnc1. The van der Waals surface area contributed by atoms with Crippen LogP contribution in [0.5, 0.6) is 0 Å². The Hall–Kier alpha value is -0.930. The maximum atomic E-state index is 4.12. The van der Waals surface area contributed by atoms with E-state index in [-0.39, 0.29) is 0 Å². The van der Waals surface area contributed by atoms with Crippen molar-refractivity contribution >= 4 is 0 Å². The smallest absolute Gasteiger partial charge is 0.0312 e. The van der Waals surface area contributed by atoms with Crippen LogP contribution in [0.3, 0.4) is 0 Å². The van der Waals surface area contributed by atoms with Gasteiger partial charge in [0.2, 0.25) is 0 Å². The fraction of sp³-hybridized carbons (Fsp3) is 0.643. The van der Waals surface area contributed by atoms with E-state index in [2.05, 4.69) is 28.2 Å². The van der Waals surface area contributed by atoms with Crippen LogP contribution in [0.2, 0.25) is 0 Å². The van der Waals surface area contributed by atoms with Crippen LogP contribution < -0.4 is 5.32 Å². The zero-order chi connectivity index (χ0) is 11.9. The third kappa shape index (κ3) is 3.79. The Labute approximate surface area is 104 Å². The number of rotatable bonds is 6. The van der Waals surface area contributed by atoms with Gasteiger partial charge >= 0.3 is 0 Å². The Morgan fingerprint density at radius 3 is 3.24 bits per heavy atom. The minimum absolute atomic E-state index is 0.829. The van der Waals surface area contributed by atoms with Gasteiger partial charge in [0.05, 0.1) is 0 Å². The molecule has 0 radical (unpaired) electrons. The van der Waals surface area contributed by atoms with Crippen molar-refractivity contribution in [3.63, 3.8) is 0 Å². The second kappa shape index (κ2) is 6.72. The van der Waals surface area contributed by atoms with Crippen LogP contribution in [-0.4, -0.2) is 35.6 Å². The lowest BCUT2D eigenvalue weighted by molar-refractivity contribution is 0.248. The van der Waals surface area contributed by atoms with Crippen LogP contribution in [0.4, 0.5) is 0 Å². The highest BCUT2D eigenvalue weighted by Gasteiger charge is 2.21. The Balaban J connectivity index is 1.63. The molecule has 17 heavy (non-hydrogen) atoms. The molecule has 1 atom stereocenters. The molecule has 2 heterocycles. The van der Waals surface area contributed by atoms with Gasteiger partial charge in [0, 0.05) is 38.1 Å². The molecular formula is C14H23N3. The highest BCUT2D eigenvalue weighted by molar-refractivity contribution is 5.07. The molecular weight excluding hydrogens is 210 g/mol. The summed E-state index contributed by atoms with van der Waals surface area (Å²) in [5.74, 6) is 0. The average Bonchev–Trinajstić information content (AvgIpc) is 2.83. The van der Waals surface area contributed by atoms with Crippen molar-refractivity contribution in [3.05, 3.63) is 30.1 Å². The van der Waals surface area contributed by atoms with E-state index in [4.69, 9.17) is 0 Å². The minimum Gasteiger partial charge on any atom is -0.311 e. The first-order valence-electron chi connectivity index (χ1n) is 6.74. The van der Waals surface area contributed by atoms with Crippen LogP contribution in [0.15, 0.2) is 24.5 Å². The predicted molar refractivity (Wildman–Crippen MR) is 70.8 cm³/mol. The largest absolute Gasteiger partial charge is 0.311 e. The van der Waals surface area contributed by atoms with Crippen molar-refractivity contribution in [2.45, 2.75) is 38.8 Å². The summed E-state index contributed by atoms with van der Waals surface area (Å²) in [5, 5.41) is 3.49. The first kappa shape index (κ1) is 12.5. The van der Waals surface area contributed by atoms with E-state index >= 15 is 0 Å². The Morgan fingerprint density at radius 2 is 2.47 bits per heavy atom. The lowest BCUT2D eigenvalue weighted by Gasteiger charge is -2.23.